The van der Waals surface area contributed by atoms with E-state index in [2.05, 4.69) is 20.1 Å². The lowest BCUT2D eigenvalue weighted by Gasteiger charge is -1.99. The molecule has 0 unspecified atom stereocenters. The first-order valence-electron chi connectivity index (χ1n) is 3.30. The normalized spacial score (nSPS) is 11.2. The molecule has 0 aliphatic heterocycles. The summed E-state index contributed by atoms with van der Waals surface area (Å²) in [7, 11) is -4.91. The Morgan fingerprint density at radius 1 is 1.31 bits per heavy atom. The van der Waals surface area contributed by atoms with Crippen LogP contribution in [0.1, 0.15) is 5.56 Å². The van der Waals surface area contributed by atoms with Crippen molar-refractivity contribution in [2.75, 3.05) is 0 Å². The number of benzene rings is 1. The Morgan fingerprint density at radius 3 is 2.23 bits per heavy atom. The summed E-state index contributed by atoms with van der Waals surface area (Å²) in [5.41, 5.74) is 0.948. The predicted molar refractivity (Wildman–Crippen MR) is 49.7 cm³/mol. The van der Waals surface area contributed by atoms with Crippen LogP contribution in [0.15, 0.2) is 24.3 Å². The molecular weight excluding hydrogens is 263 g/mol. The molecule has 0 N–H and O–H groups in total. The van der Waals surface area contributed by atoms with Crippen LogP contribution in [-0.2, 0) is 15.8 Å². The van der Waals surface area contributed by atoms with Gasteiger partial charge in [0.25, 0.3) is 0 Å². The Kier molecular flexibility index (Phi) is 3.27. The summed E-state index contributed by atoms with van der Waals surface area (Å²) in [4.78, 5) is 0. The number of rotatable bonds is 3. The van der Waals surface area contributed by atoms with E-state index in [-0.39, 0.29) is 5.75 Å². The minimum Gasteiger partial charge on any atom is -0.358 e. The van der Waals surface area contributed by atoms with Crippen LogP contribution >= 0.6 is 15.9 Å². The highest BCUT2D eigenvalue weighted by Gasteiger charge is 2.08. The van der Waals surface area contributed by atoms with Crippen LogP contribution in [-0.4, -0.2) is 8.42 Å². The molecule has 0 heterocycles. The molecule has 0 spiro atoms. The highest BCUT2D eigenvalue weighted by atomic mass is 79.9. The van der Waals surface area contributed by atoms with E-state index in [9.17, 15) is 12.3 Å². The van der Waals surface area contributed by atoms with Gasteiger partial charge in [0.15, 0.2) is 0 Å². The average molecular weight is 269 g/mol. The standard InChI is InChI=1S/C7H6BrFO3S/c8-5-6-1-3-7(4-2-6)12-13(9,10)11/h1-4H,5H2. The van der Waals surface area contributed by atoms with E-state index < -0.39 is 10.5 Å². The lowest BCUT2D eigenvalue weighted by Crippen LogP contribution is -2.00. The highest BCUT2D eigenvalue weighted by molar-refractivity contribution is 9.08. The minimum atomic E-state index is -4.91. The van der Waals surface area contributed by atoms with Crippen LogP contribution in [0.5, 0.6) is 5.75 Å². The van der Waals surface area contributed by atoms with Crippen molar-refractivity contribution in [2.24, 2.45) is 0 Å². The van der Waals surface area contributed by atoms with Crippen LogP contribution in [0, 0.1) is 0 Å². The van der Waals surface area contributed by atoms with Crippen molar-refractivity contribution in [3.63, 3.8) is 0 Å². The smallest absolute Gasteiger partial charge is 0.358 e. The van der Waals surface area contributed by atoms with Gasteiger partial charge in [-0.3, -0.25) is 0 Å². The maximum Gasteiger partial charge on any atom is 0.488 e. The van der Waals surface area contributed by atoms with Crippen molar-refractivity contribution in [1.29, 1.82) is 0 Å². The second-order valence-corrected chi connectivity index (χ2v) is 3.77. The summed E-state index contributed by atoms with van der Waals surface area (Å²) in [5, 5.41) is 0.648. The SMILES string of the molecule is O=S(=O)(F)Oc1ccc(CBr)cc1. The topological polar surface area (TPSA) is 43.4 Å². The van der Waals surface area contributed by atoms with Crippen molar-refractivity contribution in [3.8, 4) is 5.75 Å². The fourth-order valence-electron chi connectivity index (χ4n) is 0.749. The zero-order valence-corrected chi connectivity index (χ0v) is 8.81. The van der Waals surface area contributed by atoms with E-state index in [1.807, 2.05) is 0 Å². The van der Waals surface area contributed by atoms with Crippen molar-refractivity contribution in [3.05, 3.63) is 29.8 Å². The minimum absolute atomic E-state index is 0.0350. The molecule has 0 radical (unpaired) electrons. The number of halogens is 2. The van der Waals surface area contributed by atoms with Crippen LogP contribution in [0.3, 0.4) is 0 Å². The molecule has 1 aromatic carbocycles. The quantitative estimate of drug-likeness (QED) is 0.624. The fourth-order valence-corrected chi connectivity index (χ4v) is 1.46. The molecule has 6 heteroatoms. The van der Waals surface area contributed by atoms with Gasteiger partial charge in [0.2, 0.25) is 0 Å². The summed E-state index contributed by atoms with van der Waals surface area (Å²) in [6.07, 6.45) is 0. The summed E-state index contributed by atoms with van der Waals surface area (Å²) >= 11 is 3.21. The molecule has 0 fully saturated rings. The molecule has 0 saturated carbocycles. The first-order chi connectivity index (χ1) is 6.01. The summed E-state index contributed by atoms with van der Waals surface area (Å²) < 4.78 is 36.1. The van der Waals surface area contributed by atoms with E-state index in [0.717, 1.165) is 5.56 Å². The lowest BCUT2D eigenvalue weighted by molar-refractivity contribution is 0.440. The van der Waals surface area contributed by atoms with E-state index in [1.165, 1.54) is 12.1 Å². The molecule has 1 rings (SSSR count). The first kappa shape index (κ1) is 10.5. The van der Waals surface area contributed by atoms with Gasteiger partial charge in [0.05, 0.1) is 0 Å². The van der Waals surface area contributed by atoms with Crippen molar-refractivity contribution < 1.29 is 16.5 Å². The molecule has 0 aliphatic carbocycles. The monoisotopic (exact) mass is 268 g/mol. The lowest BCUT2D eigenvalue weighted by atomic mass is 10.2. The summed E-state index contributed by atoms with van der Waals surface area (Å²) in [6.45, 7) is 0. The third-order valence-electron chi connectivity index (χ3n) is 1.27. The second kappa shape index (κ2) is 4.06. The average Bonchev–Trinajstić information content (AvgIpc) is 2.03. The zero-order chi connectivity index (χ0) is 9.90. The van der Waals surface area contributed by atoms with Crippen LogP contribution < -0.4 is 4.18 Å². The van der Waals surface area contributed by atoms with Gasteiger partial charge >= 0.3 is 10.5 Å². The fraction of sp³-hybridized carbons (Fsp3) is 0.143. The third-order valence-corrected chi connectivity index (χ3v) is 2.31. The largest absolute Gasteiger partial charge is 0.488 e. The maximum atomic E-state index is 12.0. The van der Waals surface area contributed by atoms with Crippen LogP contribution in [0.4, 0.5) is 3.89 Å². The molecule has 0 aliphatic rings. The molecule has 0 bridgehead atoms. The Balaban J connectivity index is 2.81. The molecule has 13 heavy (non-hydrogen) atoms. The van der Waals surface area contributed by atoms with Gasteiger partial charge in [-0.2, -0.15) is 8.42 Å². The van der Waals surface area contributed by atoms with Gasteiger partial charge in [-0.25, -0.2) is 0 Å². The number of hydrogen-bond donors (Lipinski definition) is 0. The van der Waals surface area contributed by atoms with E-state index in [4.69, 9.17) is 0 Å². The molecule has 0 saturated heterocycles. The van der Waals surface area contributed by atoms with Crippen LogP contribution in [0.2, 0.25) is 0 Å². The molecule has 0 atom stereocenters. The molecule has 3 nitrogen and oxygen atoms in total. The summed E-state index contributed by atoms with van der Waals surface area (Å²) in [6, 6.07) is 6.03. The van der Waals surface area contributed by atoms with E-state index >= 15 is 0 Å². The Bertz CT molecular complexity index is 373. The number of alkyl halides is 1. The predicted octanol–water partition coefficient (Wildman–Crippen LogP) is 2.17. The van der Waals surface area contributed by atoms with E-state index in [0.29, 0.717) is 5.33 Å². The highest BCUT2D eigenvalue weighted by Crippen LogP contribution is 2.16. The van der Waals surface area contributed by atoms with Crippen molar-refractivity contribution in [1.82, 2.24) is 0 Å². The van der Waals surface area contributed by atoms with E-state index in [1.54, 1.807) is 12.1 Å². The maximum absolute atomic E-state index is 12.0. The molecule has 72 valence electrons. The molecular formula is C7H6BrFO3S. The zero-order valence-electron chi connectivity index (χ0n) is 6.41. The molecule has 0 aromatic heterocycles. The van der Waals surface area contributed by atoms with Crippen molar-refractivity contribution in [2.45, 2.75) is 5.33 Å². The van der Waals surface area contributed by atoms with Gasteiger partial charge in [0, 0.05) is 5.33 Å². The van der Waals surface area contributed by atoms with Crippen LogP contribution in [0.25, 0.3) is 0 Å². The van der Waals surface area contributed by atoms with Gasteiger partial charge in [0.1, 0.15) is 5.75 Å². The third kappa shape index (κ3) is 3.73. The first-order valence-corrected chi connectivity index (χ1v) is 5.73. The molecule has 0 amide bonds. The Hall–Kier alpha value is -0.620. The second-order valence-electron chi connectivity index (χ2n) is 2.25. The van der Waals surface area contributed by atoms with Gasteiger partial charge in [-0.05, 0) is 17.7 Å². The Labute approximate surface area is 84.1 Å². The van der Waals surface area contributed by atoms with Gasteiger partial charge in [-0.15, -0.1) is 0 Å². The Morgan fingerprint density at radius 2 is 1.85 bits per heavy atom. The van der Waals surface area contributed by atoms with Gasteiger partial charge < -0.3 is 4.18 Å². The van der Waals surface area contributed by atoms with Crippen molar-refractivity contribution >= 4 is 26.4 Å². The number of hydrogen-bond acceptors (Lipinski definition) is 3. The molecule has 1 aromatic rings. The van der Waals surface area contributed by atoms with Gasteiger partial charge in [-0.1, -0.05) is 31.9 Å². The summed E-state index contributed by atoms with van der Waals surface area (Å²) in [5.74, 6) is -0.0350.